The van der Waals surface area contributed by atoms with Gasteiger partial charge in [-0.25, -0.2) is 19.2 Å². The van der Waals surface area contributed by atoms with Crippen molar-refractivity contribution in [1.29, 1.82) is 0 Å². The number of ether oxygens (including phenoxy) is 8. The maximum Gasteiger partial charge on any atom is 0.338 e. The van der Waals surface area contributed by atoms with Gasteiger partial charge in [-0.15, -0.1) is 0 Å². The molecule has 1 aliphatic rings. The van der Waals surface area contributed by atoms with E-state index in [0.29, 0.717) is 45.7 Å². The van der Waals surface area contributed by atoms with Gasteiger partial charge in [-0.1, -0.05) is 72.8 Å². The second kappa shape index (κ2) is 22.8. The van der Waals surface area contributed by atoms with Crippen molar-refractivity contribution in [3.05, 3.63) is 144 Å². The fourth-order valence-corrected chi connectivity index (χ4v) is 5.66. The number of rotatable bonds is 21. The molecule has 1 saturated heterocycles. The average molecular weight is 771 g/mol. The Balaban J connectivity index is 1.42. The van der Waals surface area contributed by atoms with Crippen molar-refractivity contribution in [1.82, 2.24) is 0 Å². The van der Waals surface area contributed by atoms with Crippen molar-refractivity contribution < 1.29 is 62.2 Å². The molecule has 0 aromatic heterocycles. The molecule has 5 rings (SSSR count). The Morgan fingerprint density at radius 1 is 0.482 bits per heavy atom. The highest BCUT2D eigenvalue weighted by Crippen LogP contribution is 2.32. The van der Waals surface area contributed by atoms with Crippen LogP contribution in [-0.4, -0.2) is 106 Å². The first kappa shape index (κ1) is 41.7. The number of aliphatic hydroxyl groups is 1. The van der Waals surface area contributed by atoms with Crippen LogP contribution in [0.3, 0.4) is 0 Å². The van der Waals surface area contributed by atoms with E-state index in [2.05, 4.69) is 0 Å². The first-order chi connectivity index (χ1) is 27.4. The molecule has 0 spiro atoms. The summed E-state index contributed by atoms with van der Waals surface area (Å²) in [4.78, 5) is 54.1. The molecule has 5 atom stereocenters. The Labute approximate surface area is 325 Å². The summed E-state index contributed by atoms with van der Waals surface area (Å²) in [6, 6.07) is 32.8. The molecule has 0 bridgehead atoms. The lowest BCUT2D eigenvalue weighted by atomic mass is 9.97. The van der Waals surface area contributed by atoms with Crippen molar-refractivity contribution in [2.45, 2.75) is 50.0 Å². The first-order valence-electron chi connectivity index (χ1n) is 18.5. The van der Waals surface area contributed by atoms with E-state index in [4.69, 9.17) is 43.0 Å². The second-order valence-electron chi connectivity index (χ2n) is 12.6. The van der Waals surface area contributed by atoms with Crippen molar-refractivity contribution in [2.75, 3.05) is 46.2 Å². The van der Waals surface area contributed by atoms with E-state index in [0.717, 1.165) is 0 Å². The van der Waals surface area contributed by atoms with Crippen molar-refractivity contribution in [3.8, 4) is 0 Å². The zero-order valence-electron chi connectivity index (χ0n) is 30.9. The molecule has 0 radical (unpaired) electrons. The summed E-state index contributed by atoms with van der Waals surface area (Å²) in [6.07, 6.45) is -5.45. The summed E-state index contributed by atoms with van der Waals surface area (Å²) in [6.45, 7) is 1.40. The van der Waals surface area contributed by atoms with Gasteiger partial charge in [-0.05, 0) is 67.8 Å². The molecule has 1 N–H and O–H groups in total. The van der Waals surface area contributed by atoms with Crippen LogP contribution in [0.1, 0.15) is 60.7 Å². The number of aliphatic hydroxyl groups excluding tert-OH is 1. The molecule has 56 heavy (non-hydrogen) atoms. The number of carbonyl (C=O) groups excluding carboxylic acids is 4. The number of hydrogen-bond acceptors (Lipinski definition) is 13. The molecule has 0 saturated carbocycles. The minimum Gasteiger partial charge on any atom is -0.459 e. The van der Waals surface area contributed by atoms with E-state index < -0.39 is 61.2 Å². The van der Waals surface area contributed by atoms with Gasteiger partial charge >= 0.3 is 23.9 Å². The molecular formula is C43H46O13. The van der Waals surface area contributed by atoms with E-state index in [9.17, 15) is 19.2 Å². The standard InChI is InChI=1S/C43H46O13/c44-24-13-25-49-26-14-27-50-28-15-29-51-43-38(56-42(48)34-22-11-4-12-23-34)37(55-41(47)33-20-9-3-10-21-33)36(54-40(46)32-18-7-2-8-19-32)35(53-43)30-52-39(45)31-16-5-1-6-17-31/h1-12,16-23,35-38,43-44H,13-15,24-30H2/t35?,36-,37+,38?,43+/m1/s1. The molecule has 1 aliphatic heterocycles. The summed E-state index contributed by atoms with van der Waals surface area (Å²) < 4.78 is 47.5. The Bertz CT molecular complexity index is 1770. The smallest absolute Gasteiger partial charge is 0.338 e. The van der Waals surface area contributed by atoms with E-state index >= 15 is 0 Å². The van der Waals surface area contributed by atoms with E-state index in [1.807, 2.05) is 0 Å². The van der Waals surface area contributed by atoms with Crippen LogP contribution in [0.4, 0.5) is 0 Å². The summed E-state index contributed by atoms with van der Waals surface area (Å²) >= 11 is 0. The maximum absolute atomic E-state index is 13.7. The number of hydrogen-bond donors (Lipinski definition) is 1. The molecule has 296 valence electrons. The minimum atomic E-state index is -1.51. The third kappa shape index (κ3) is 12.8. The zero-order chi connectivity index (χ0) is 39.4. The average Bonchev–Trinajstić information content (AvgIpc) is 3.24. The largest absolute Gasteiger partial charge is 0.459 e. The topological polar surface area (TPSA) is 162 Å². The first-order valence-corrected chi connectivity index (χ1v) is 18.5. The van der Waals surface area contributed by atoms with Gasteiger partial charge in [-0.2, -0.15) is 0 Å². The summed E-state index contributed by atoms with van der Waals surface area (Å²) in [5.74, 6) is -3.04. The lowest BCUT2D eigenvalue weighted by Crippen LogP contribution is -2.63. The quantitative estimate of drug-likeness (QED) is 0.0647. The summed E-state index contributed by atoms with van der Waals surface area (Å²) in [7, 11) is 0. The highest BCUT2D eigenvalue weighted by molar-refractivity contribution is 5.91. The van der Waals surface area contributed by atoms with Crippen LogP contribution in [0, 0.1) is 0 Å². The number of benzene rings is 4. The number of esters is 4. The van der Waals surface area contributed by atoms with Gasteiger partial charge < -0.3 is 43.0 Å². The molecule has 4 aromatic rings. The van der Waals surface area contributed by atoms with Gasteiger partial charge in [0.1, 0.15) is 12.7 Å². The lowest BCUT2D eigenvalue weighted by Gasteiger charge is -2.44. The fraction of sp³-hybridized carbons (Fsp3) is 0.349. The molecule has 0 aliphatic carbocycles. The fourth-order valence-electron chi connectivity index (χ4n) is 5.66. The van der Waals surface area contributed by atoms with Crippen LogP contribution in [0.15, 0.2) is 121 Å². The molecule has 4 aromatic carbocycles. The van der Waals surface area contributed by atoms with Crippen molar-refractivity contribution in [3.63, 3.8) is 0 Å². The van der Waals surface area contributed by atoms with Crippen LogP contribution in [0.2, 0.25) is 0 Å². The molecule has 1 fully saturated rings. The number of carbonyl (C=O) groups is 4. The van der Waals surface area contributed by atoms with Crippen LogP contribution in [0.25, 0.3) is 0 Å². The van der Waals surface area contributed by atoms with Crippen LogP contribution in [0.5, 0.6) is 0 Å². The van der Waals surface area contributed by atoms with Gasteiger partial charge in [0, 0.05) is 33.0 Å². The van der Waals surface area contributed by atoms with E-state index in [-0.39, 0.29) is 35.5 Å². The second-order valence-corrected chi connectivity index (χ2v) is 12.6. The summed E-state index contributed by atoms with van der Waals surface area (Å²) in [5.41, 5.74) is 0.839. The predicted octanol–water partition coefficient (Wildman–Crippen LogP) is 5.46. The monoisotopic (exact) mass is 770 g/mol. The highest BCUT2D eigenvalue weighted by atomic mass is 16.7. The Morgan fingerprint density at radius 3 is 1.34 bits per heavy atom. The molecule has 2 unspecified atom stereocenters. The minimum absolute atomic E-state index is 0.0569. The lowest BCUT2D eigenvalue weighted by molar-refractivity contribution is -0.298. The molecule has 13 heteroatoms. The third-order valence-electron chi connectivity index (χ3n) is 8.48. The van der Waals surface area contributed by atoms with Crippen LogP contribution < -0.4 is 0 Å². The van der Waals surface area contributed by atoms with Gasteiger partial charge in [0.05, 0.1) is 28.9 Å². The van der Waals surface area contributed by atoms with Gasteiger partial charge in [0.2, 0.25) is 0 Å². The highest BCUT2D eigenvalue weighted by Gasteiger charge is 2.53. The van der Waals surface area contributed by atoms with Crippen molar-refractivity contribution >= 4 is 23.9 Å². The van der Waals surface area contributed by atoms with Gasteiger partial charge in [0.15, 0.2) is 24.6 Å². The Hall–Kier alpha value is -5.44. The molecular weight excluding hydrogens is 724 g/mol. The van der Waals surface area contributed by atoms with Crippen LogP contribution >= 0.6 is 0 Å². The van der Waals surface area contributed by atoms with Crippen molar-refractivity contribution in [2.24, 2.45) is 0 Å². The Kier molecular flexibility index (Phi) is 17.0. The Morgan fingerprint density at radius 2 is 0.875 bits per heavy atom. The third-order valence-corrected chi connectivity index (χ3v) is 8.48. The van der Waals surface area contributed by atoms with Gasteiger partial charge in [-0.3, -0.25) is 0 Å². The molecule has 1 heterocycles. The van der Waals surface area contributed by atoms with E-state index in [1.165, 1.54) is 0 Å². The normalized spacial score (nSPS) is 19.1. The SMILES string of the molecule is O=C(OCC1O[C@H](OCCCOCCCOCCCO)C(OC(=O)c2ccccc2)[C@@H](OC(=O)c2ccccc2)[C@@H]1OC(=O)c1ccccc1)c1ccccc1. The van der Waals surface area contributed by atoms with Gasteiger partial charge in [0.25, 0.3) is 0 Å². The maximum atomic E-state index is 13.7. The molecule has 13 nitrogen and oxygen atoms in total. The van der Waals surface area contributed by atoms with Crippen LogP contribution in [-0.2, 0) is 37.9 Å². The molecule has 0 amide bonds. The summed E-state index contributed by atoms with van der Waals surface area (Å²) in [5, 5.41) is 8.88. The van der Waals surface area contributed by atoms with E-state index in [1.54, 1.807) is 121 Å². The predicted molar refractivity (Wildman–Crippen MR) is 201 cm³/mol. The zero-order valence-corrected chi connectivity index (χ0v) is 30.9.